The molecule has 1 aliphatic heterocycles. The minimum atomic E-state index is -3.68. The van der Waals surface area contributed by atoms with Gasteiger partial charge in [-0.05, 0) is 104 Å². The van der Waals surface area contributed by atoms with Gasteiger partial charge in [-0.3, -0.25) is 9.59 Å². The van der Waals surface area contributed by atoms with E-state index in [9.17, 15) is 22.4 Å². The molecule has 0 radical (unpaired) electrons. The second-order valence-corrected chi connectivity index (χ2v) is 12.8. The van der Waals surface area contributed by atoms with Gasteiger partial charge in [-0.15, -0.1) is 0 Å². The van der Waals surface area contributed by atoms with Crippen LogP contribution in [0, 0.1) is 11.7 Å². The van der Waals surface area contributed by atoms with Crippen LogP contribution < -0.4 is 5.32 Å². The molecule has 2 fully saturated rings. The van der Waals surface area contributed by atoms with Crippen LogP contribution in [0.3, 0.4) is 0 Å². The van der Waals surface area contributed by atoms with Crippen LogP contribution in [0.25, 0.3) is 0 Å². The number of amides is 2. The van der Waals surface area contributed by atoms with E-state index in [-0.39, 0.29) is 21.5 Å². The van der Waals surface area contributed by atoms with Crippen molar-refractivity contribution in [2.45, 2.75) is 66.7 Å². The summed E-state index contributed by atoms with van der Waals surface area (Å²) < 4.78 is 39.1. The van der Waals surface area contributed by atoms with E-state index in [2.05, 4.69) is 5.32 Å². The van der Waals surface area contributed by atoms with E-state index in [0.717, 1.165) is 44.1 Å². The van der Waals surface area contributed by atoms with Crippen molar-refractivity contribution < 1.29 is 22.4 Å². The van der Waals surface area contributed by atoms with Gasteiger partial charge in [0.2, 0.25) is 15.7 Å². The highest BCUT2D eigenvalue weighted by Gasteiger charge is 2.38. The number of nitrogens with zero attached hydrogens (tertiary/aromatic N) is 1. The SMILES string of the molecule is O=C(N[C@@H](CCC[C@@H]1C[C@H]1c1ccc(F)cc1)C(=O)N1CCCCC1)c1ccc(S(=O)(=O)c2ccccc2)cc1. The fourth-order valence-electron chi connectivity index (χ4n) is 5.62. The average Bonchev–Trinajstić information content (AvgIpc) is 3.77. The number of hydrogen-bond donors (Lipinski definition) is 1. The van der Waals surface area contributed by atoms with Gasteiger partial charge in [-0.2, -0.15) is 0 Å². The Bertz CT molecular complexity index is 1420. The molecular formula is C32H35FN2O4S. The molecule has 1 saturated carbocycles. The number of piperidine rings is 1. The third-order valence-corrected chi connectivity index (χ3v) is 9.83. The molecule has 40 heavy (non-hydrogen) atoms. The molecule has 3 aromatic rings. The van der Waals surface area contributed by atoms with Crippen LogP contribution in [-0.2, 0) is 14.6 Å². The number of sulfone groups is 1. The lowest BCUT2D eigenvalue weighted by Crippen LogP contribution is -2.50. The molecule has 3 aromatic carbocycles. The predicted molar refractivity (Wildman–Crippen MR) is 151 cm³/mol. The van der Waals surface area contributed by atoms with Gasteiger partial charge < -0.3 is 10.2 Å². The molecule has 0 aromatic heterocycles. The van der Waals surface area contributed by atoms with E-state index in [1.54, 1.807) is 18.2 Å². The summed E-state index contributed by atoms with van der Waals surface area (Å²) in [4.78, 5) is 28.7. The molecule has 1 heterocycles. The fraction of sp³-hybridized carbons (Fsp3) is 0.375. The van der Waals surface area contributed by atoms with Crippen LogP contribution in [0.1, 0.15) is 66.8 Å². The molecular weight excluding hydrogens is 527 g/mol. The van der Waals surface area contributed by atoms with Crippen LogP contribution in [0.5, 0.6) is 0 Å². The largest absolute Gasteiger partial charge is 0.341 e. The minimum Gasteiger partial charge on any atom is -0.341 e. The summed E-state index contributed by atoms with van der Waals surface area (Å²) in [6.45, 7) is 1.40. The van der Waals surface area contributed by atoms with Crippen LogP contribution in [0.4, 0.5) is 4.39 Å². The second kappa shape index (κ2) is 12.3. The van der Waals surface area contributed by atoms with Crippen molar-refractivity contribution >= 4 is 21.7 Å². The zero-order chi connectivity index (χ0) is 28.1. The van der Waals surface area contributed by atoms with Crippen molar-refractivity contribution in [3.05, 3.63) is 95.8 Å². The summed E-state index contributed by atoms with van der Waals surface area (Å²) in [6, 6.07) is 20.1. The zero-order valence-electron chi connectivity index (χ0n) is 22.5. The van der Waals surface area contributed by atoms with E-state index in [0.29, 0.717) is 36.9 Å². The molecule has 1 aliphatic carbocycles. The Balaban J connectivity index is 1.22. The molecule has 8 heteroatoms. The Kier molecular flexibility index (Phi) is 8.64. The highest BCUT2D eigenvalue weighted by Crippen LogP contribution is 2.50. The predicted octanol–water partition coefficient (Wildman–Crippen LogP) is 5.74. The Morgan fingerprint density at radius 1 is 0.875 bits per heavy atom. The summed E-state index contributed by atoms with van der Waals surface area (Å²) in [5, 5.41) is 2.94. The molecule has 2 amide bonds. The molecule has 1 saturated heterocycles. The number of carbonyl (C=O) groups excluding carboxylic acids is 2. The minimum absolute atomic E-state index is 0.0535. The van der Waals surface area contributed by atoms with E-state index in [1.165, 1.54) is 48.5 Å². The molecule has 210 valence electrons. The van der Waals surface area contributed by atoms with Crippen LogP contribution >= 0.6 is 0 Å². The Morgan fingerprint density at radius 3 is 2.20 bits per heavy atom. The third kappa shape index (κ3) is 6.61. The lowest BCUT2D eigenvalue weighted by atomic mass is 10.0. The van der Waals surface area contributed by atoms with Crippen molar-refractivity contribution in [2.75, 3.05) is 13.1 Å². The topological polar surface area (TPSA) is 83.6 Å². The van der Waals surface area contributed by atoms with Gasteiger partial charge in [-0.25, -0.2) is 12.8 Å². The number of carbonyl (C=O) groups is 2. The van der Waals surface area contributed by atoms with Gasteiger partial charge >= 0.3 is 0 Å². The van der Waals surface area contributed by atoms with Gasteiger partial charge in [0.25, 0.3) is 5.91 Å². The molecule has 2 aliphatic rings. The van der Waals surface area contributed by atoms with Gasteiger partial charge in [0.1, 0.15) is 11.9 Å². The van der Waals surface area contributed by atoms with Gasteiger partial charge in [-0.1, -0.05) is 36.8 Å². The second-order valence-electron chi connectivity index (χ2n) is 10.8. The van der Waals surface area contributed by atoms with Crippen molar-refractivity contribution in [2.24, 2.45) is 5.92 Å². The van der Waals surface area contributed by atoms with Gasteiger partial charge in [0, 0.05) is 18.7 Å². The molecule has 0 unspecified atom stereocenters. The number of benzene rings is 3. The van der Waals surface area contributed by atoms with Crippen molar-refractivity contribution in [1.29, 1.82) is 0 Å². The van der Waals surface area contributed by atoms with E-state index in [4.69, 9.17) is 0 Å². The summed E-state index contributed by atoms with van der Waals surface area (Å²) in [5.41, 5.74) is 1.46. The number of hydrogen-bond acceptors (Lipinski definition) is 4. The number of nitrogens with one attached hydrogen (secondary N) is 1. The highest BCUT2D eigenvalue weighted by molar-refractivity contribution is 7.91. The lowest BCUT2D eigenvalue weighted by molar-refractivity contribution is -0.134. The maximum absolute atomic E-state index is 13.4. The number of likely N-dealkylation sites (tertiary alicyclic amines) is 1. The summed E-state index contributed by atoms with van der Waals surface area (Å²) in [5.74, 6) is 0.253. The first-order chi connectivity index (χ1) is 19.3. The Morgan fingerprint density at radius 2 is 1.52 bits per heavy atom. The summed E-state index contributed by atoms with van der Waals surface area (Å²) in [7, 11) is -3.68. The quantitative estimate of drug-likeness (QED) is 0.341. The molecule has 5 rings (SSSR count). The smallest absolute Gasteiger partial charge is 0.251 e. The molecule has 0 bridgehead atoms. The van der Waals surface area contributed by atoms with Crippen molar-refractivity contribution in [3.8, 4) is 0 Å². The van der Waals surface area contributed by atoms with Gasteiger partial charge in [0.15, 0.2) is 0 Å². The fourth-order valence-corrected chi connectivity index (χ4v) is 6.91. The van der Waals surface area contributed by atoms with E-state index >= 15 is 0 Å². The molecule has 6 nitrogen and oxygen atoms in total. The van der Waals surface area contributed by atoms with Crippen molar-refractivity contribution in [3.63, 3.8) is 0 Å². The number of halogens is 1. The number of rotatable bonds is 10. The zero-order valence-corrected chi connectivity index (χ0v) is 23.3. The van der Waals surface area contributed by atoms with Crippen molar-refractivity contribution in [1.82, 2.24) is 10.2 Å². The molecule has 1 N–H and O–H groups in total. The summed E-state index contributed by atoms with van der Waals surface area (Å²) in [6.07, 6.45) is 6.35. The van der Waals surface area contributed by atoms with Gasteiger partial charge in [0.05, 0.1) is 9.79 Å². The normalized spacial score (nSPS) is 19.6. The first-order valence-corrected chi connectivity index (χ1v) is 15.6. The van der Waals surface area contributed by atoms with E-state index < -0.39 is 21.8 Å². The highest BCUT2D eigenvalue weighted by atomic mass is 32.2. The average molecular weight is 563 g/mol. The maximum atomic E-state index is 13.4. The molecule has 0 spiro atoms. The van der Waals surface area contributed by atoms with Crippen LogP contribution in [0.15, 0.2) is 88.7 Å². The Labute approximate surface area is 235 Å². The van der Waals surface area contributed by atoms with Crippen LogP contribution in [-0.4, -0.2) is 44.3 Å². The monoisotopic (exact) mass is 562 g/mol. The standard InChI is InChI=1S/C32H35FN2O4S/c33-26-16-12-23(13-17-26)29-22-25(29)8-7-11-30(32(37)35-20-5-2-6-21-35)34-31(36)24-14-18-28(19-15-24)40(38,39)27-9-3-1-4-10-27/h1,3-4,9-10,12-19,25,29-30H,2,5-8,11,20-22H2,(H,34,36)/t25-,29+,30+/m1/s1. The Hall–Kier alpha value is -3.52. The van der Waals surface area contributed by atoms with E-state index in [1.807, 2.05) is 17.0 Å². The first kappa shape index (κ1) is 28.0. The summed E-state index contributed by atoms with van der Waals surface area (Å²) >= 11 is 0. The maximum Gasteiger partial charge on any atom is 0.251 e. The van der Waals surface area contributed by atoms with Crippen LogP contribution in [0.2, 0.25) is 0 Å². The third-order valence-electron chi connectivity index (χ3n) is 8.04. The lowest BCUT2D eigenvalue weighted by Gasteiger charge is -2.31. The first-order valence-electron chi connectivity index (χ1n) is 14.1. The molecule has 3 atom stereocenters.